The Kier molecular flexibility index (Phi) is 5.22. The Morgan fingerprint density at radius 2 is 1.13 bits per heavy atom. The Hall–Kier alpha value is -4.18. The number of thiophene rings is 1. The van der Waals surface area contributed by atoms with E-state index in [1.807, 2.05) is 11.3 Å². The van der Waals surface area contributed by atoms with Crippen molar-refractivity contribution in [3.8, 4) is 27.9 Å². The normalized spacial score (nSPS) is 11.7. The Bertz CT molecular complexity index is 2160. The third kappa shape index (κ3) is 3.58. The second-order valence-electron chi connectivity index (χ2n) is 9.91. The molecule has 0 bridgehead atoms. The highest BCUT2D eigenvalue weighted by atomic mass is 79.9. The molecule has 0 aliphatic rings. The minimum absolute atomic E-state index is 1.14. The van der Waals surface area contributed by atoms with Crippen LogP contribution in [0.1, 0.15) is 0 Å². The summed E-state index contributed by atoms with van der Waals surface area (Å²) in [6.45, 7) is 0. The third-order valence-electron chi connectivity index (χ3n) is 7.65. The van der Waals surface area contributed by atoms with Gasteiger partial charge in [-0.1, -0.05) is 97.1 Å². The number of halogens is 1. The highest BCUT2D eigenvalue weighted by Crippen LogP contribution is 2.47. The molecule has 0 saturated carbocycles. The van der Waals surface area contributed by atoms with Crippen molar-refractivity contribution in [1.29, 1.82) is 0 Å². The van der Waals surface area contributed by atoms with Gasteiger partial charge in [-0.2, -0.15) is 0 Å². The highest BCUT2D eigenvalue weighted by molar-refractivity contribution is 9.10. The van der Waals surface area contributed by atoms with Crippen LogP contribution in [0.2, 0.25) is 0 Å². The summed E-state index contributed by atoms with van der Waals surface area (Å²) in [6.07, 6.45) is 0. The van der Waals surface area contributed by atoms with E-state index in [0.717, 1.165) is 4.47 Å². The van der Waals surface area contributed by atoms with Crippen molar-refractivity contribution >= 4 is 69.2 Å². The molecular formula is C36H22BrNS. The first-order valence-electron chi connectivity index (χ1n) is 13.1. The van der Waals surface area contributed by atoms with Crippen LogP contribution in [0.4, 0.5) is 0 Å². The van der Waals surface area contributed by atoms with Crippen LogP contribution in [-0.2, 0) is 0 Å². The smallest absolute Gasteiger partial charge is 0.0635 e. The minimum atomic E-state index is 1.14. The van der Waals surface area contributed by atoms with Gasteiger partial charge < -0.3 is 4.57 Å². The number of rotatable bonds is 3. The third-order valence-corrected chi connectivity index (χ3v) is 9.72. The number of fused-ring (bicyclic) bond motifs is 7. The van der Waals surface area contributed by atoms with Gasteiger partial charge in [0.25, 0.3) is 0 Å². The van der Waals surface area contributed by atoms with Crippen LogP contribution < -0.4 is 0 Å². The lowest BCUT2D eigenvalue weighted by Gasteiger charge is -2.10. The van der Waals surface area contributed by atoms with E-state index in [-0.39, 0.29) is 0 Å². The van der Waals surface area contributed by atoms with Gasteiger partial charge in [0.15, 0.2) is 0 Å². The molecule has 0 aliphatic heterocycles. The summed E-state index contributed by atoms with van der Waals surface area (Å²) < 4.78 is 6.18. The summed E-state index contributed by atoms with van der Waals surface area (Å²) in [6, 6.07) is 48.2. The first-order valence-corrected chi connectivity index (χ1v) is 14.7. The fourth-order valence-electron chi connectivity index (χ4n) is 5.87. The van der Waals surface area contributed by atoms with Gasteiger partial charge in [-0.25, -0.2) is 0 Å². The summed E-state index contributed by atoms with van der Waals surface area (Å²) in [5.41, 5.74) is 8.61. The van der Waals surface area contributed by atoms with Crippen LogP contribution in [0.25, 0.3) is 69.9 Å². The molecule has 0 radical (unpaired) electrons. The number of nitrogens with zero attached hydrogens (tertiary/aromatic N) is 1. The van der Waals surface area contributed by atoms with E-state index in [1.54, 1.807) is 0 Å². The van der Waals surface area contributed by atoms with E-state index in [9.17, 15) is 0 Å². The van der Waals surface area contributed by atoms with Crippen molar-refractivity contribution < 1.29 is 0 Å². The maximum absolute atomic E-state index is 3.98. The highest BCUT2D eigenvalue weighted by Gasteiger charge is 2.21. The summed E-state index contributed by atoms with van der Waals surface area (Å²) in [7, 11) is 0. The second kappa shape index (κ2) is 8.94. The monoisotopic (exact) mass is 579 g/mol. The number of hydrogen-bond acceptors (Lipinski definition) is 1. The fourth-order valence-corrected chi connectivity index (χ4v) is 7.69. The van der Waals surface area contributed by atoms with E-state index in [2.05, 4.69) is 154 Å². The minimum Gasteiger partial charge on any atom is -0.309 e. The molecule has 184 valence electrons. The van der Waals surface area contributed by atoms with Crippen molar-refractivity contribution in [2.24, 2.45) is 0 Å². The van der Waals surface area contributed by atoms with Crippen LogP contribution >= 0.6 is 27.3 Å². The molecule has 0 atom stereocenters. The van der Waals surface area contributed by atoms with Crippen molar-refractivity contribution in [3.05, 3.63) is 138 Å². The summed E-state index contributed by atoms with van der Waals surface area (Å²) in [4.78, 5) is 0. The number of para-hydroxylation sites is 1. The van der Waals surface area contributed by atoms with Crippen molar-refractivity contribution in [3.63, 3.8) is 0 Å². The Labute approximate surface area is 238 Å². The molecular weight excluding hydrogens is 558 g/mol. The zero-order valence-electron chi connectivity index (χ0n) is 20.9. The van der Waals surface area contributed by atoms with Gasteiger partial charge >= 0.3 is 0 Å². The lowest BCUT2D eigenvalue weighted by molar-refractivity contribution is 1.19. The van der Waals surface area contributed by atoms with Gasteiger partial charge in [0.1, 0.15) is 0 Å². The molecule has 1 nitrogen and oxygen atoms in total. The lowest BCUT2D eigenvalue weighted by Crippen LogP contribution is -1.93. The van der Waals surface area contributed by atoms with Crippen LogP contribution in [0.5, 0.6) is 0 Å². The van der Waals surface area contributed by atoms with Crippen molar-refractivity contribution in [2.45, 2.75) is 0 Å². The fraction of sp³-hybridized carbons (Fsp3) is 0. The Morgan fingerprint density at radius 1 is 0.513 bits per heavy atom. The Morgan fingerprint density at radius 3 is 1.82 bits per heavy atom. The predicted molar refractivity (Wildman–Crippen MR) is 172 cm³/mol. The van der Waals surface area contributed by atoms with Crippen LogP contribution in [0.15, 0.2) is 138 Å². The van der Waals surface area contributed by atoms with E-state index >= 15 is 0 Å². The van der Waals surface area contributed by atoms with Gasteiger partial charge in [0.2, 0.25) is 0 Å². The topological polar surface area (TPSA) is 4.93 Å². The molecule has 0 unspecified atom stereocenters. The molecule has 0 saturated heterocycles. The largest absolute Gasteiger partial charge is 0.309 e. The zero-order chi connectivity index (χ0) is 25.9. The van der Waals surface area contributed by atoms with E-state index in [4.69, 9.17) is 0 Å². The molecule has 2 aromatic heterocycles. The molecule has 0 aliphatic carbocycles. The van der Waals surface area contributed by atoms with Gasteiger partial charge in [-0.3, -0.25) is 0 Å². The van der Waals surface area contributed by atoms with Gasteiger partial charge in [-0.05, 0) is 74.6 Å². The zero-order valence-corrected chi connectivity index (χ0v) is 23.3. The standard InChI is InChI=1S/C36H22BrNS/c37-31-22-30-29-20-25(23-10-4-1-5-11-23)17-19-32(29)38(27-14-8-3-9-15-27)35(30)34-28-18-16-26(21-33(28)39-36(31)34)24-12-6-2-7-13-24/h1-22H. The van der Waals surface area contributed by atoms with Crippen molar-refractivity contribution in [1.82, 2.24) is 4.57 Å². The van der Waals surface area contributed by atoms with E-state index in [1.165, 1.54) is 69.9 Å². The molecule has 0 fully saturated rings. The molecule has 39 heavy (non-hydrogen) atoms. The van der Waals surface area contributed by atoms with Gasteiger partial charge in [0.05, 0.1) is 15.7 Å². The average Bonchev–Trinajstić information content (AvgIpc) is 3.54. The molecule has 8 rings (SSSR count). The molecule has 3 heteroatoms. The first-order chi connectivity index (χ1) is 19.3. The maximum Gasteiger partial charge on any atom is 0.0635 e. The van der Waals surface area contributed by atoms with Gasteiger partial charge in [0, 0.05) is 36.4 Å². The maximum atomic E-state index is 3.98. The molecule has 8 aromatic rings. The van der Waals surface area contributed by atoms with E-state index in [0.29, 0.717) is 0 Å². The molecule has 0 N–H and O–H groups in total. The lowest BCUT2D eigenvalue weighted by atomic mass is 10.0. The number of benzene rings is 6. The number of hydrogen-bond donors (Lipinski definition) is 0. The average molecular weight is 581 g/mol. The van der Waals surface area contributed by atoms with Crippen LogP contribution in [0, 0.1) is 0 Å². The Balaban J connectivity index is 1.51. The SMILES string of the molecule is Brc1cc2c3cc(-c4ccccc4)ccc3n(-c3ccccc3)c2c2c1sc1cc(-c3ccccc3)ccc12. The van der Waals surface area contributed by atoms with Gasteiger partial charge in [-0.15, -0.1) is 11.3 Å². The van der Waals surface area contributed by atoms with Crippen molar-refractivity contribution in [2.75, 3.05) is 0 Å². The quantitative estimate of drug-likeness (QED) is 0.196. The number of aromatic nitrogens is 1. The molecule has 2 heterocycles. The summed E-state index contributed by atoms with van der Waals surface area (Å²) in [5.74, 6) is 0. The molecule has 0 amide bonds. The summed E-state index contributed by atoms with van der Waals surface area (Å²) in [5, 5.41) is 5.13. The summed E-state index contributed by atoms with van der Waals surface area (Å²) >= 11 is 5.84. The molecule has 0 spiro atoms. The predicted octanol–water partition coefficient (Wildman–Crippen LogP) is 11.2. The molecule has 6 aromatic carbocycles. The van der Waals surface area contributed by atoms with Crippen LogP contribution in [-0.4, -0.2) is 4.57 Å². The second-order valence-corrected chi connectivity index (χ2v) is 11.8. The van der Waals surface area contributed by atoms with Crippen LogP contribution in [0.3, 0.4) is 0 Å². The first kappa shape index (κ1) is 22.8. The van der Waals surface area contributed by atoms with E-state index < -0.39 is 0 Å².